The molecule has 2 N–H and O–H groups in total. The number of hydrazone groups is 2. The lowest BCUT2D eigenvalue weighted by molar-refractivity contribution is -0.197. The van der Waals surface area contributed by atoms with Crippen molar-refractivity contribution in [2.45, 2.75) is 59.0 Å². The summed E-state index contributed by atoms with van der Waals surface area (Å²) in [6, 6.07) is 17.6. The third-order valence-corrected chi connectivity index (χ3v) is 5.20. The lowest BCUT2D eigenvalue weighted by atomic mass is 9.98. The van der Waals surface area contributed by atoms with Gasteiger partial charge in [0.2, 0.25) is 0 Å². The molecule has 0 saturated heterocycles. The Morgan fingerprint density at radius 3 is 1.63 bits per heavy atom. The number of esters is 5. The molecule has 0 heterocycles. The largest absolute Gasteiger partial charge is 0.462 e. The highest BCUT2D eigenvalue weighted by Crippen LogP contribution is 2.22. The van der Waals surface area contributed by atoms with Crippen LogP contribution in [0.15, 0.2) is 70.9 Å². The average molecular weight is 599 g/mol. The minimum atomic E-state index is -1.68. The summed E-state index contributed by atoms with van der Waals surface area (Å²) in [6.07, 6.45) is -5.21. The molecule has 0 spiro atoms. The molecule has 43 heavy (non-hydrogen) atoms. The monoisotopic (exact) mass is 598 g/mol. The first kappa shape index (κ1) is 33.9. The van der Waals surface area contributed by atoms with Gasteiger partial charge in [-0.1, -0.05) is 36.4 Å². The molecule has 0 aliphatic heterocycles. The summed E-state index contributed by atoms with van der Waals surface area (Å²) in [5.74, 6) is -4.13. The SMILES string of the molecule is CC(=O)OC[C@H](OC(C)=O)[C@H](OC(C)=O)[C@H](OC(C)=O)[C@H](OC(C)=O)C(/C=N/Nc1ccccc1)=N\Nc1ccccc1. The lowest BCUT2D eigenvalue weighted by Gasteiger charge is -2.35. The highest BCUT2D eigenvalue weighted by Gasteiger charge is 2.45. The Kier molecular flexibility index (Phi) is 13.8. The topological polar surface area (TPSA) is 180 Å². The van der Waals surface area contributed by atoms with Crippen LogP contribution in [0.4, 0.5) is 11.4 Å². The van der Waals surface area contributed by atoms with Gasteiger partial charge in [-0.15, -0.1) is 0 Å². The standard InChI is InChI=1S/C29H34N4O10/c1-18(34)39-17-26(40-19(2)35)28(42-21(4)37)29(43-22(5)38)27(41-20(3)36)25(33-32-24-14-10-7-11-15-24)16-30-31-23-12-8-6-9-13-23/h6-16,26-29,31-32H,17H2,1-5H3/b30-16+,33-25-/t26-,27+,28-,29+/m0/s1. The molecular formula is C29H34N4O10. The van der Waals surface area contributed by atoms with Crippen LogP contribution in [0.25, 0.3) is 0 Å². The van der Waals surface area contributed by atoms with E-state index in [-0.39, 0.29) is 5.71 Å². The third kappa shape index (κ3) is 12.8. The molecule has 0 saturated carbocycles. The van der Waals surface area contributed by atoms with Gasteiger partial charge in [-0.2, -0.15) is 10.2 Å². The van der Waals surface area contributed by atoms with Crippen LogP contribution >= 0.6 is 0 Å². The fraction of sp³-hybridized carbons (Fsp3) is 0.345. The minimum absolute atomic E-state index is 0.111. The normalized spacial score (nSPS) is 13.9. The number of carbonyl (C=O) groups excluding carboxylic acids is 5. The Bertz CT molecular complexity index is 1300. The molecule has 2 rings (SSSR count). The summed E-state index contributed by atoms with van der Waals surface area (Å²) in [5, 5.41) is 8.51. The average Bonchev–Trinajstić information content (AvgIpc) is 2.94. The van der Waals surface area contributed by atoms with Crippen molar-refractivity contribution in [3.63, 3.8) is 0 Å². The third-order valence-electron chi connectivity index (χ3n) is 5.20. The van der Waals surface area contributed by atoms with Crippen molar-refractivity contribution in [3.05, 3.63) is 60.7 Å². The molecule has 0 radical (unpaired) electrons. The zero-order valence-electron chi connectivity index (χ0n) is 24.3. The van der Waals surface area contributed by atoms with Gasteiger partial charge in [0.1, 0.15) is 12.3 Å². The van der Waals surface area contributed by atoms with Gasteiger partial charge in [0.15, 0.2) is 24.4 Å². The number of hydrogen-bond donors (Lipinski definition) is 2. The van der Waals surface area contributed by atoms with E-state index in [1.54, 1.807) is 54.6 Å². The molecule has 0 aliphatic carbocycles. The van der Waals surface area contributed by atoms with Crippen molar-refractivity contribution in [1.29, 1.82) is 0 Å². The Labute approximate surface area is 248 Å². The summed E-state index contributed by atoms with van der Waals surface area (Å²) >= 11 is 0. The van der Waals surface area contributed by atoms with E-state index in [0.717, 1.165) is 34.6 Å². The lowest BCUT2D eigenvalue weighted by Crippen LogP contribution is -2.55. The second-order valence-corrected chi connectivity index (χ2v) is 8.88. The zero-order chi connectivity index (χ0) is 31.8. The number of ether oxygens (including phenoxy) is 5. The summed E-state index contributed by atoms with van der Waals surface area (Å²) in [6.45, 7) is 4.84. The number of para-hydroxylation sites is 2. The number of rotatable bonds is 15. The highest BCUT2D eigenvalue weighted by molar-refractivity contribution is 6.33. The highest BCUT2D eigenvalue weighted by atomic mass is 16.6. The Hall–Kier alpha value is -5.27. The number of carbonyl (C=O) groups is 5. The van der Waals surface area contributed by atoms with Gasteiger partial charge in [0.25, 0.3) is 0 Å². The van der Waals surface area contributed by atoms with Gasteiger partial charge in [-0.05, 0) is 24.3 Å². The maximum Gasteiger partial charge on any atom is 0.303 e. The molecule has 2 aromatic carbocycles. The van der Waals surface area contributed by atoms with Gasteiger partial charge in [-0.3, -0.25) is 34.8 Å². The Morgan fingerprint density at radius 1 is 0.651 bits per heavy atom. The molecule has 0 unspecified atom stereocenters. The van der Waals surface area contributed by atoms with Crippen molar-refractivity contribution in [2.24, 2.45) is 10.2 Å². The predicted octanol–water partition coefficient (Wildman–Crippen LogP) is 2.84. The van der Waals surface area contributed by atoms with Crippen LogP contribution in [0.1, 0.15) is 34.6 Å². The van der Waals surface area contributed by atoms with Crippen LogP contribution in [-0.4, -0.2) is 72.8 Å². The van der Waals surface area contributed by atoms with Crippen molar-refractivity contribution < 1.29 is 47.7 Å². The van der Waals surface area contributed by atoms with Gasteiger partial charge >= 0.3 is 29.8 Å². The van der Waals surface area contributed by atoms with E-state index >= 15 is 0 Å². The zero-order valence-corrected chi connectivity index (χ0v) is 24.3. The molecule has 14 nitrogen and oxygen atoms in total. The van der Waals surface area contributed by atoms with Crippen molar-refractivity contribution in [3.8, 4) is 0 Å². The van der Waals surface area contributed by atoms with Crippen LogP contribution in [0.5, 0.6) is 0 Å². The minimum Gasteiger partial charge on any atom is -0.462 e. The van der Waals surface area contributed by atoms with Gasteiger partial charge in [0.05, 0.1) is 17.6 Å². The molecule has 4 atom stereocenters. The first-order valence-electron chi connectivity index (χ1n) is 13.0. The smallest absolute Gasteiger partial charge is 0.303 e. The molecule has 2 aromatic rings. The number of hydrogen-bond acceptors (Lipinski definition) is 14. The number of anilines is 2. The van der Waals surface area contributed by atoms with E-state index in [2.05, 4.69) is 21.1 Å². The second kappa shape index (κ2) is 17.5. The quantitative estimate of drug-likeness (QED) is 0.133. The second-order valence-electron chi connectivity index (χ2n) is 8.88. The van der Waals surface area contributed by atoms with Crippen LogP contribution in [0, 0.1) is 0 Å². The van der Waals surface area contributed by atoms with E-state index in [0.29, 0.717) is 11.4 Å². The number of nitrogens with zero attached hydrogens (tertiary/aromatic N) is 2. The number of nitrogens with one attached hydrogen (secondary N) is 2. The molecular weight excluding hydrogens is 564 g/mol. The van der Waals surface area contributed by atoms with Crippen LogP contribution in [-0.2, 0) is 47.7 Å². The van der Waals surface area contributed by atoms with Crippen molar-refractivity contribution in [2.75, 3.05) is 17.5 Å². The summed E-state index contributed by atoms with van der Waals surface area (Å²) in [7, 11) is 0. The molecule has 0 amide bonds. The molecule has 0 aliphatic rings. The maximum absolute atomic E-state index is 12.4. The molecule has 0 bridgehead atoms. The van der Waals surface area contributed by atoms with Crippen LogP contribution in [0.3, 0.4) is 0 Å². The Morgan fingerprint density at radius 2 is 1.14 bits per heavy atom. The molecule has 14 heteroatoms. The van der Waals surface area contributed by atoms with Crippen LogP contribution in [0.2, 0.25) is 0 Å². The van der Waals surface area contributed by atoms with Crippen LogP contribution < -0.4 is 10.9 Å². The Balaban J connectivity index is 2.69. The van der Waals surface area contributed by atoms with Gasteiger partial charge in [-0.25, -0.2) is 0 Å². The van der Waals surface area contributed by atoms with Gasteiger partial charge in [0, 0.05) is 34.6 Å². The summed E-state index contributed by atoms with van der Waals surface area (Å²) in [4.78, 5) is 60.5. The summed E-state index contributed by atoms with van der Waals surface area (Å²) in [5.41, 5.74) is 6.66. The maximum atomic E-state index is 12.4. The van der Waals surface area contributed by atoms with E-state index in [1.807, 2.05) is 6.07 Å². The first-order chi connectivity index (χ1) is 20.5. The van der Waals surface area contributed by atoms with E-state index in [4.69, 9.17) is 23.7 Å². The molecule has 230 valence electrons. The fourth-order valence-corrected chi connectivity index (χ4v) is 3.62. The van der Waals surface area contributed by atoms with Crippen molar-refractivity contribution in [1.82, 2.24) is 0 Å². The molecule has 0 fully saturated rings. The first-order valence-corrected chi connectivity index (χ1v) is 13.0. The fourth-order valence-electron chi connectivity index (χ4n) is 3.62. The predicted molar refractivity (Wildman–Crippen MR) is 155 cm³/mol. The van der Waals surface area contributed by atoms with Crippen molar-refractivity contribution >= 4 is 53.1 Å². The van der Waals surface area contributed by atoms with E-state index in [9.17, 15) is 24.0 Å². The number of benzene rings is 2. The summed E-state index contributed by atoms with van der Waals surface area (Å²) < 4.78 is 26.9. The van der Waals surface area contributed by atoms with E-state index in [1.165, 1.54) is 6.21 Å². The molecule has 0 aromatic heterocycles. The van der Waals surface area contributed by atoms with Gasteiger partial charge < -0.3 is 23.7 Å². The van der Waals surface area contributed by atoms with E-state index < -0.39 is 60.9 Å².